The van der Waals surface area contributed by atoms with Crippen molar-refractivity contribution in [3.63, 3.8) is 0 Å². The molecule has 2 heteroatoms. The minimum atomic E-state index is 0.446. The van der Waals surface area contributed by atoms with Crippen LogP contribution in [0.5, 0.6) is 5.75 Å². The van der Waals surface area contributed by atoms with E-state index in [1.807, 2.05) is 6.07 Å². The molecule has 0 heterocycles. The van der Waals surface area contributed by atoms with E-state index in [1.54, 1.807) is 0 Å². The summed E-state index contributed by atoms with van der Waals surface area (Å²) in [7, 11) is 2.05. The first-order chi connectivity index (χ1) is 9.81. The first kappa shape index (κ1) is 17.0. The summed E-state index contributed by atoms with van der Waals surface area (Å²) in [6.45, 7) is 5.19. The maximum atomic E-state index is 5.72. The zero-order chi connectivity index (χ0) is 14.6. The minimum Gasteiger partial charge on any atom is -0.494 e. The number of rotatable bonds is 11. The molecule has 1 aromatic carbocycles. The third-order valence-corrected chi connectivity index (χ3v) is 3.68. The van der Waals surface area contributed by atoms with Crippen molar-refractivity contribution in [3.8, 4) is 5.75 Å². The molecule has 0 radical (unpaired) electrons. The summed E-state index contributed by atoms with van der Waals surface area (Å²) in [5, 5.41) is 3.44. The standard InChI is InChI=1S/C18H31NO/c1-4-6-7-8-9-13-18(19-3)16-11-10-12-17(15-16)20-14-5-2/h10-12,15,18-19H,4-9,13-14H2,1-3H3. The van der Waals surface area contributed by atoms with Crippen molar-refractivity contribution in [3.05, 3.63) is 29.8 Å². The molecular weight excluding hydrogens is 246 g/mol. The van der Waals surface area contributed by atoms with Crippen molar-refractivity contribution in [2.24, 2.45) is 0 Å². The summed E-state index contributed by atoms with van der Waals surface area (Å²) in [6, 6.07) is 8.98. The van der Waals surface area contributed by atoms with E-state index in [0.29, 0.717) is 6.04 Å². The van der Waals surface area contributed by atoms with Crippen LogP contribution in [0.4, 0.5) is 0 Å². The van der Waals surface area contributed by atoms with Crippen LogP contribution in [0, 0.1) is 0 Å². The number of hydrogen-bond donors (Lipinski definition) is 1. The maximum absolute atomic E-state index is 5.72. The number of ether oxygens (including phenoxy) is 1. The Morgan fingerprint density at radius 1 is 1.05 bits per heavy atom. The van der Waals surface area contributed by atoms with Gasteiger partial charge in [0, 0.05) is 6.04 Å². The molecule has 0 aliphatic rings. The van der Waals surface area contributed by atoms with Crippen LogP contribution in [0.25, 0.3) is 0 Å². The molecule has 114 valence electrons. The Kier molecular flexibility index (Phi) is 9.14. The van der Waals surface area contributed by atoms with E-state index in [4.69, 9.17) is 4.74 Å². The molecule has 20 heavy (non-hydrogen) atoms. The van der Waals surface area contributed by atoms with E-state index in [2.05, 4.69) is 44.4 Å². The predicted molar refractivity (Wildman–Crippen MR) is 87.4 cm³/mol. The van der Waals surface area contributed by atoms with Gasteiger partial charge in [-0.15, -0.1) is 0 Å². The van der Waals surface area contributed by atoms with Crippen molar-refractivity contribution in [1.29, 1.82) is 0 Å². The Morgan fingerprint density at radius 2 is 1.85 bits per heavy atom. The fourth-order valence-corrected chi connectivity index (χ4v) is 2.47. The quantitative estimate of drug-likeness (QED) is 0.568. The predicted octanol–water partition coefficient (Wildman–Crippen LogP) is 5.10. The van der Waals surface area contributed by atoms with Crippen LogP contribution in [0.15, 0.2) is 24.3 Å². The summed E-state index contributed by atoms with van der Waals surface area (Å²) in [6.07, 6.45) is 8.95. The van der Waals surface area contributed by atoms with Gasteiger partial charge in [0.25, 0.3) is 0 Å². The molecule has 0 fully saturated rings. The molecule has 1 unspecified atom stereocenters. The third-order valence-electron chi connectivity index (χ3n) is 3.68. The first-order valence-corrected chi connectivity index (χ1v) is 8.21. The molecule has 0 aliphatic carbocycles. The molecule has 1 rings (SSSR count). The molecule has 0 amide bonds. The van der Waals surface area contributed by atoms with Gasteiger partial charge in [-0.3, -0.25) is 0 Å². The number of nitrogens with one attached hydrogen (secondary N) is 1. The van der Waals surface area contributed by atoms with E-state index < -0.39 is 0 Å². The SMILES string of the molecule is CCCCCCCC(NC)c1cccc(OCCC)c1. The molecule has 0 aromatic heterocycles. The van der Waals surface area contributed by atoms with Gasteiger partial charge in [0.1, 0.15) is 5.75 Å². The Labute approximate surface area is 124 Å². The summed E-state index contributed by atoms with van der Waals surface area (Å²) < 4.78 is 5.72. The van der Waals surface area contributed by atoms with E-state index in [0.717, 1.165) is 18.8 Å². The van der Waals surface area contributed by atoms with E-state index in [-0.39, 0.29) is 0 Å². The Bertz CT molecular complexity index is 351. The number of hydrogen-bond acceptors (Lipinski definition) is 2. The molecule has 0 bridgehead atoms. The molecule has 1 atom stereocenters. The van der Waals surface area contributed by atoms with Crippen molar-refractivity contribution >= 4 is 0 Å². The Hall–Kier alpha value is -1.02. The molecule has 0 saturated carbocycles. The van der Waals surface area contributed by atoms with Crippen LogP contribution in [0.3, 0.4) is 0 Å². The van der Waals surface area contributed by atoms with Crippen LogP contribution in [-0.2, 0) is 0 Å². The molecule has 1 N–H and O–H groups in total. The highest BCUT2D eigenvalue weighted by Crippen LogP contribution is 2.23. The zero-order valence-electron chi connectivity index (χ0n) is 13.5. The average Bonchev–Trinajstić information content (AvgIpc) is 2.49. The lowest BCUT2D eigenvalue weighted by Crippen LogP contribution is -2.16. The molecule has 0 spiro atoms. The van der Waals surface area contributed by atoms with Crippen LogP contribution in [-0.4, -0.2) is 13.7 Å². The molecule has 1 aromatic rings. The van der Waals surface area contributed by atoms with Gasteiger partial charge in [-0.05, 0) is 37.6 Å². The highest BCUT2D eigenvalue weighted by atomic mass is 16.5. The second-order valence-electron chi connectivity index (χ2n) is 5.47. The van der Waals surface area contributed by atoms with E-state index >= 15 is 0 Å². The van der Waals surface area contributed by atoms with Crippen molar-refractivity contribution in [1.82, 2.24) is 5.32 Å². The first-order valence-electron chi connectivity index (χ1n) is 8.21. The van der Waals surface area contributed by atoms with Gasteiger partial charge in [-0.2, -0.15) is 0 Å². The van der Waals surface area contributed by atoms with Crippen LogP contribution in [0.2, 0.25) is 0 Å². The third kappa shape index (κ3) is 6.42. The van der Waals surface area contributed by atoms with Gasteiger partial charge in [0.05, 0.1) is 6.61 Å². The topological polar surface area (TPSA) is 21.3 Å². The average molecular weight is 277 g/mol. The number of unbranched alkanes of at least 4 members (excludes halogenated alkanes) is 4. The smallest absolute Gasteiger partial charge is 0.119 e. The highest BCUT2D eigenvalue weighted by Gasteiger charge is 2.09. The summed E-state index contributed by atoms with van der Waals surface area (Å²) in [5.74, 6) is 0.996. The van der Waals surface area contributed by atoms with Gasteiger partial charge >= 0.3 is 0 Å². The van der Waals surface area contributed by atoms with Gasteiger partial charge in [-0.25, -0.2) is 0 Å². The summed E-state index contributed by atoms with van der Waals surface area (Å²) in [5.41, 5.74) is 1.34. The number of benzene rings is 1. The summed E-state index contributed by atoms with van der Waals surface area (Å²) in [4.78, 5) is 0. The van der Waals surface area contributed by atoms with Gasteiger partial charge in [-0.1, -0.05) is 58.1 Å². The monoisotopic (exact) mass is 277 g/mol. The fraction of sp³-hybridized carbons (Fsp3) is 0.667. The lowest BCUT2D eigenvalue weighted by molar-refractivity contribution is 0.316. The Morgan fingerprint density at radius 3 is 2.55 bits per heavy atom. The normalized spacial score (nSPS) is 12.3. The molecule has 0 aliphatic heterocycles. The molecule has 2 nitrogen and oxygen atoms in total. The van der Waals surface area contributed by atoms with Gasteiger partial charge in [0.2, 0.25) is 0 Å². The maximum Gasteiger partial charge on any atom is 0.119 e. The lowest BCUT2D eigenvalue weighted by atomic mass is 9.99. The van der Waals surface area contributed by atoms with E-state index in [1.165, 1.54) is 44.1 Å². The second-order valence-corrected chi connectivity index (χ2v) is 5.47. The van der Waals surface area contributed by atoms with Crippen LogP contribution >= 0.6 is 0 Å². The fourth-order valence-electron chi connectivity index (χ4n) is 2.47. The largest absolute Gasteiger partial charge is 0.494 e. The van der Waals surface area contributed by atoms with Crippen LogP contribution in [0.1, 0.15) is 70.4 Å². The highest BCUT2D eigenvalue weighted by molar-refractivity contribution is 5.30. The Balaban J connectivity index is 2.47. The van der Waals surface area contributed by atoms with Crippen molar-refractivity contribution < 1.29 is 4.74 Å². The summed E-state index contributed by atoms with van der Waals surface area (Å²) >= 11 is 0. The van der Waals surface area contributed by atoms with Gasteiger partial charge in [0.15, 0.2) is 0 Å². The lowest BCUT2D eigenvalue weighted by Gasteiger charge is -2.17. The second kappa shape index (κ2) is 10.7. The zero-order valence-corrected chi connectivity index (χ0v) is 13.5. The minimum absolute atomic E-state index is 0.446. The molecular formula is C18H31NO. The van der Waals surface area contributed by atoms with Gasteiger partial charge < -0.3 is 10.1 Å². The van der Waals surface area contributed by atoms with Crippen molar-refractivity contribution in [2.75, 3.05) is 13.7 Å². The van der Waals surface area contributed by atoms with Crippen LogP contribution < -0.4 is 10.1 Å². The molecule has 0 saturated heterocycles. The van der Waals surface area contributed by atoms with E-state index in [9.17, 15) is 0 Å². The van der Waals surface area contributed by atoms with Crippen molar-refractivity contribution in [2.45, 2.75) is 64.8 Å².